The fourth-order valence-corrected chi connectivity index (χ4v) is 3.71. The van der Waals surface area contributed by atoms with Gasteiger partial charge in [0.05, 0.1) is 5.69 Å². The van der Waals surface area contributed by atoms with Crippen molar-refractivity contribution in [1.82, 2.24) is 10.2 Å². The Balaban J connectivity index is 1.56. The molecule has 1 aliphatic carbocycles. The summed E-state index contributed by atoms with van der Waals surface area (Å²) in [4.78, 5) is 49.6. The van der Waals surface area contributed by atoms with Crippen LogP contribution in [0, 0.1) is 5.82 Å². The fourth-order valence-electron chi connectivity index (χ4n) is 3.38. The van der Waals surface area contributed by atoms with Crippen molar-refractivity contribution in [3.63, 3.8) is 0 Å². The molecule has 1 heterocycles. The van der Waals surface area contributed by atoms with Gasteiger partial charge in [-0.05, 0) is 38.0 Å². The summed E-state index contributed by atoms with van der Waals surface area (Å²) >= 11 is 3.11. The number of benzene rings is 1. The Morgan fingerprint density at radius 1 is 1.36 bits per heavy atom. The largest absolute Gasteiger partial charge is 0.451 e. The van der Waals surface area contributed by atoms with Gasteiger partial charge in [-0.2, -0.15) is 0 Å². The first-order chi connectivity index (χ1) is 13.2. The second-order valence-electron chi connectivity index (χ2n) is 6.86. The van der Waals surface area contributed by atoms with Crippen molar-refractivity contribution in [3.8, 4) is 0 Å². The van der Waals surface area contributed by atoms with Crippen LogP contribution in [0.2, 0.25) is 0 Å². The van der Waals surface area contributed by atoms with Crippen molar-refractivity contribution in [1.29, 1.82) is 0 Å². The van der Waals surface area contributed by atoms with Crippen LogP contribution in [0.4, 0.5) is 14.9 Å². The number of carbonyl (C=O) groups is 4. The minimum absolute atomic E-state index is 0.0617. The maximum absolute atomic E-state index is 13.8. The van der Waals surface area contributed by atoms with Crippen LogP contribution in [-0.2, 0) is 19.1 Å². The fraction of sp³-hybridized carbons (Fsp3) is 0.444. The summed E-state index contributed by atoms with van der Waals surface area (Å²) in [5.41, 5.74) is -0.979. The average Bonchev–Trinajstić information content (AvgIpc) is 3.18. The third kappa shape index (κ3) is 4.01. The van der Waals surface area contributed by atoms with E-state index in [0.29, 0.717) is 17.3 Å². The van der Waals surface area contributed by atoms with E-state index in [1.165, 1.54) is 19.1 Å². The summed E-state index contributed by atoms with van der Waals surface area (Å²) in [6.07, 6.45) is 1.50. The number of amides is 4. The van der Waals surface area contributed by atoms with E-state index < -0.39 is 47.8 Å². The molecular weight excluding hydrogens is 437 g/mol. The molecule has 0 unspecified atom stereocenters. The van der Waals surface area contributed by atoms with Gasteiger partial charge in [-0.1, -0.05) is 28.8 Å². The van der Waals surface area contributed by atoms with E-state index in [1.54, 1.807) is 6.07 Å². The Morgan fingerprint density at radius 3 is 2.68 bits per heavy atom. The van der Waals surface area contributed by atoms with Gasteiger partial charge in [0.15, 0.2) is 6.10 Å². The second-order valence-corrected chi connectivity index (χ2v) is 7.77. The van der Waals surface area contributed by atoms with Crippen molar-refractivity contribution in [2.45, 2.75) is 44.2 Å². The molecule has 1 aromatic carbocycles. The first kappa shape index (κ1) is 20.2. The average molecular weight is 456 g/mol. The molecule has 0 bridgehead atoms. The van der Waals surface area contributed by atoms with E-state index in [2.05, 4.69) is 26.6 Å². The van der Waals surface area contributed by atoms with Gasteiger partial charge in [-0.15, -0.1) is 0 Å². The number of carbonyl (C=O) groups excluding carboxylic acids is 4. The summed E-state index contributed by atoms with van der Waals surface area (Å²) in [6, 6.07) is 3.45. The molecule has 0 radical (unpaired) electrons. The van der Waals surface area contributed by atoms with Crippen LogP contribution >= 0.6 is 15.9 Å². The Bertz CT molecular complexity index is 841. The van der Waals surface area contributed by atoms with E-state index in [-0.39, 0.29) is 5.69 Å². The van der Waals surface area contributed by atoms with Crippen molar-refractivity contribution in [2.75, 3.05) is 11.9 Å². The normalized spacial score (nSPS) is 18.9. The van der Waals surface area contributed by atoms with Gasteiger partial charge in [0.25, 0.3) is 11.8 Å². The minimum atomic E-state index is -1.24. The highest BCUT2D eigenvalue weighted by Crippen LogP contribution is 2.34. The smallest absolute Gasteiger partial charge is 0.327 e. The van der Waals surface area contributed by atoms with E-state index in [4.69, 9.17) is 4.74 Å². The number of hydrogen-bond donors (Lipinski definition) is 2. The predicted molar refractivity (Wildman–Crippen MR) is 99.7 cm³/mol. The Labute approximate surface area is 168 Å². The molecule has 1 aromatic rings. The molecule has 1 aliphatic heterocycles. The topological polar surface area (TPSA) is 105 Å². The lowest BCUT2D eigenvalue weighted by Crippen LogP contribution is -2.44. The van der Waals surface area contributed by atoms with E-state index in [1.807, 2.05) is 0 Å². The molecule has 1 saturated heterocycles. The molecule has 10 heteroatoms. The Hall–Kier alpha value is -2.49. The number of halogens is 2. The van der Waals surface area contributed by atoms with Gasteiger partial charge in [0.2, 0.25) is 0 Å². The molecule has 1 atom stereocenters. The SMILES string of the molecule is C[C@@H](OC(=O)CN1C(=O)NC2(CCCC2)C1=O)C(=O)Nc1ccc(Br)cc1F. The number of hydrogen-bond acceptors (Lipinski definition) is 5. The minimum Gasteiger partial charge on any atom is -0.451 e. The van der Waals surface area contributed by atoms with Crippen molar-refractivity contribution in [3.05, 3.63) is 28.5 Å². The third-order valence-electron chi connectivity index (χ3n) is 4.86. The molecule has 28 heavy (non-hydrogen) atoms. The van der Waals surface area contributed by atoms with Crippen LogP contribution in [0.1, 0.15) is 32.6 Å². The molecule has 2 N–H and O–H groups in total. The van der Waals surface area contributed by atoms with Crippen molar-refractivity contribution in [2.24, 2.45) is 0 Å². The van der Waals surface area contributed by atoms with Crippen LogP contribution in [0.3, 0.4) is 0 Å². The number of nitrogens with zero attached hydrogens (tertiary/aromatic N) is 1. The highest BCUT2D eigenvalue weighted by atomic mass is 79.9. The number of imide groups is 1. The molecule has 8 nitrogen and oxygen atoms in total. The highest BCUT2D eigenvalue weighted by molar-refractivity contribution is 9.10. The summed E-state index contributed by atoms with van der Waals surface area (Å²) in [5, 5.41) is 4.98. The molecule has 4 amide bonds. The lowest BCUT2D eigenvalue weighted by molar-refractivity contribution is -0.155. The van der Waals surface area contributed by atoms with Gasteiger partial charge in [0, 0.05) is 4.47 Å². The molecule has 2 aliphatic rings. The lowest BCUT2D eigenvalue weighted by atomic mass is 9.98. The predicted octanol–water partition coefficient (Wildman–Crippen LogP) is 2.32. The Kier molecular flexibility index (Phi) is 5.69. The zero-order valence-electron chi connectivity index (χ0n) is 15.1. The molecule has 3 rings (SSSR count). The number of urea groups is 1. The van der Waals surface area contributed by atoms with Gasteiger partial charge in [-0.25, -0.2) is 9.18 Å². The van der Waals surface area contributed by atoms with Crippen LogP contribution in [0.5, 0.6) is 0 Å². The quantitative estimate of drug-likeness (QED) is 0.523. The first-order valence-electron chi connectivity index (χ1n) is 8.81. The first-order valence-corrected chi connectivity index (χ1v) is 9.61. The summed E-state index contributed by atoms with van der Waals surface area (Å²) in [5.74, 6) is -2.74. The molecule has 1 saturated carbocycles. The van der Waals surface area contributed by atoms with Crippen LogP contribution in [0.25, 0.3) is 0 Å². The number of ether oxygens (including phenoxy) is 1. The van der Waals surface area contributed by atoms with Gasteiger partial charge >= 0.3 is 12.0 Å². The van der Waals surface area contributed by atoms with Crippen molar-refractivity contribution < 1.29 is 28.3 Å². The van der Waals surface area contributed by atoms with E-state index in [0.717, 1.165) is 17.7 Å². The van der Waals surface area contributed by atoms with Crippen LogP contribution in [0.15, 0.2) is 22.7 Å². The number of nitrogens with one attached hydrogen (secondary N) is 2. The van der Waals surface area contributed by atoms with Crippen molar-refractivity contribution >= 4 is 45.4 Å². The molecular formula is C18H19BrFN3O5. The van der Waals surface area contributed by atoms with Crippen LogP contribution < -0.4 is 10.6 Å². The van der Waals surface area contributed by atoms with Crippen LogP contribution in [-0.4, -0.2) is 46.9 Å². The monoisotopic (exact) mass is 455 g/mol. The molecule has 2 fully saturated rings. The lowest BCUT2D eigenvalue weighted by Gasteiger charge is -2.20. The molecule has 1 spiro atoms. The van der Waals surface area contributed by atoms with Gasteiger partial charge in [-0.3, -0.25) is 19.3 Å². The number of rotatable bonds is 5. The third-order valence-corrected chi connectivity index (χ3v) is 5.35. The number of anilines is 1. The van der Waals surface area contributed by atoms with E-state index in [9.17, 15) is 23.6 Å². The Morgan fingerprint density at radius 2 is 2.04 bits per heavy atom. The second kappa shape index (κ2) is 7.86. The van der Waals surface area contributed by atoms with E-state index >= 15 is 0 Å². The zero-order valence-corrected chi connectivity index (χ0v) is 16.7. The van der Waals surface area contributed by atoms with Gasteiger partial charge in [0.1, 0.15) is 17.9 Å². The standard InChI is InChI=1S/C18H19BrFN3O5/c1-10(15(25)21-13-5-4-11(19)8-12(13)20)28-14(24)9-23-16(26)18(22-17(23)27)6-2-3-7-18/h4-5,8,10H,2-3,6-7,9H2,1H3,(H,21,25)(H,22,27)/t10-/m1/s1. The summed E-state index contributed by atoms with van der Waals surface area (Å²) in [7, 11) is 0. The zero-order chi connectivity index (χ0) is 20.5. The molecule has 150 valence electrons. The summed E-state index contributed by atoms with van der Waals surface area (Å²) in [6.45, 7) is 0.727. The highest BCUT2D eigenvalue weighted by Gasteiger charge is 2.52. The summed E-state index contributed by atoms with van der Waals surface area (Å²) < 4.78 is 19.3. The molecule has 0 aromatic heterocycles. The maximum atomic E-state index is 13.8. The maximum Gasteiger partial charge on any atom is 0.327 e. The number of esters is 1. The van der Waals surface area contributed by atoms with Gasteiger partial charge < -0.3 is 15.4 Å².